The first kappa shape index (κ1) is 98.3. The second kappa shape index (κ2) is 42.1. The summed E-state index contributed by atoms with van der Waals surface area (Å²) in [4.78, 5) is 146. The van der Waals surface area contributed by atoms with Crippen molar-refractivity contribution in [2.75, 3.05) is 60.9 Å². The summed E-state index contributed by atoms with van der Waals surface area (Å²) < 4.78 is 248. The largest absolute Gasteiger partial charge is 0.463 e. The number of ether oxygens (including phenoxy) is 7. The Bertz CT molecular complexity index is 5320. The summed E-state index contributed by atoms with van der Waals surface area (Å²) in [7, 11) is 1.23. The molecule has 0 bridgehead atoms. The van der Waals surface area contributed by atoms with Gasteiger partial charge in [-0.3, -0.25) is 47.5 Å². The number of hydrogen-bond donors (Lipinski definition) is 2. The van der Waals surface area contributed by atoms with Crippen LogP contribution >= 0.6 is 23.2 Å². The fourth-order valence-corrected chi connectivity index (χ4v) is 12.5. The van der Waals surface area contributed by atoms with Crippen LogP contribution in [-0.2, 0) is 105 Å². The molecule has 2 aliphatic carbocycles. The fourth-order valence-electron chi connectivity index (χ4n) is 11.1. The van der Waals surface area contributed by atoms with Gasteiger partial charge in [-0.25, -0.2) is 52.0 Å². The number of Topliss-reactive ketones (excluding diaryl/α,β-unsaturated/α-hetero) is 5. The molecule has 0 aliphatic heterocycles. The number of nitrogens with zero attached hydrogens (tertiary/aromatic N) is 8. The molecule has 1 amide bonds. The van der Waals surface area contributed by atoms with Gasteiger partial charge in [0.2, 0.25) is 0 Å². The summed E-state index contributed by atoms with van der Waals surface area (Å²) in [5, 5.41) is 9.31. The summed E-state index contributed by atoms with van der Waals surface area (Å²) in [6, 6.07) is 8.51. The van der Waals surface area contributed by atoms with Gasteiger partial charge in [-0.1, -0.05) is 29.6 Å². The number of amides is 1. The van der Waals surface area contributed by atoms with Crippen LogP contribution in [0.3, 0.4) is 0 Å². The van der Waals surface area contributed by atoms with Gasteiger partial charge in [0.05, 0.1) is 90.7 Å². The van der Waals surface area contributed by atoms with Gasteiger partial charge in [-0.15, -0.1) is 0 Å². The van der Waals surface area contributed by atoms with Crippen molar-refractivity contribution in [2.45, 2.75) is 116 Å². The number of aliphatic hydroxyl groups is 1. The Hall–Kier alpha value is -10.6. The minimum absolute atomic E-state index is 0.0619. The zero-order valence-corrected chi connectivity index (χ0v) is 66.4. The number of halogens is 16. The normalized spacial score (nSPS) is 14.9. The maximum Gasteiger partial charge on any atom is 0.433 e. The molecular weight excluding hydrogens is 1710 g/mol. The number of aliphatic hydroxyl groups excluding tert-OH is 1. The molecule has 2 unspecified atom stereocenters. The molecule has 0 saturated heterocycles. The predicted molar refractivity (Wildman–Crippen MR) is 391 cm³/mol. The Balaban J connectivity index is 0.000000250. The van der Waals surface area contributed by atoms with E-state index in [9.17, 15) is 128 Å². The lowest BCUT2D eigenvalue weighted by Crippen LogP contribution is -2.44. The molecule has 7 aromatic rings. The van der Waals surface area contributed by atoms with Gasteiger partial charge in [0.15, 0.2) is 35.5 Å². The van der Waals surface area contributed by atoms with Crippen LogP contribution in [0.1, 0.15) is 131 Å². The van der Waals surface area contributed by atoms with Gasteiger partial charge < -0.3 is 38.3 Å². The third-order valence-corrected chi connectivity index (χ3v) is 19.5. The summed E-state index contributed by atoms with van der Waals surface area (Å²) in [5.41, 5.74) is -14.4. The van der Waals surface area contributed by atoms with Crippen molar-refractivity contribution in [1.29, 1.82) is 0 Å². The van der Waals surface area contributed by atoms with E-state index in [1.807, 2.05) is 0 Å². The van der Waals surface area contributed by atoms with Crippen molar-refractivity contribution in [3.63, 3.8) is 0 Å². The Morgan fingerprint density at radius 1 is 0.617 bits per heavy atom. The molecule has 2 saturated carbocycles. The SMILES string of the molecule is CC(C)N(C)S(=O)(=O)NC(=O)c1cc(-n2c(=O)cc(C(F)(F)F)n(C)c2=O)c(F)cc1Cl.CCOC(=O)COc1ncccc1Oc1cc(-n2c(=O)cc(C(F)(F)F)n(C)c2=O)c(F)cc1Cl.COCCOCc1nc(C(F)(F)F)ccc1C(=O)C1C(=O)CCCC1=O.COCCOCc1nc(C(F)(F)F)ccc1C(=O)C1C(=O)CCCCC1O. The summed E-state index contributed by atoms with van der Waals surface area (Å²) in [6.07, 6.45) is -17.0. The smallest absolute Gasteiger partial charge is 0.433 e. The molecule has 0 spiro atoms. The lowest BCUT2D eigenvalue weighted by molar-refractivity contribution is -0.146. The van der Waals surface area contributed by atoms with E-state index >= 15 is 0 Å². The number of pyridine rings is 3. The minimum atomic E-state index is -5.04. The first-order chi connectivity index (χ1) is 55.9. The van der Waals surface area contributed by atoms with Gasteiger partial charge in [-0.2, -0.15) is 65.4 Å². The van der Waals surface area contributed by atoms with E-state index in [4.69, 9.17) is 56.4 Å². The molecule has 654 valence electrons. The molecule has 2 atom stereocenters. The number of hydrogen-bond acceptors (Lipinski definition) is 24. The van der Waals surface area contributed by atoms with E-state index in [-0.39, 0.29) is 147 Å². The molecule has 5 aromatic heterocycles. The summed E-state index contributed by atoms with van der Waals surface area (Å²) in [6.45, 7) is 4.20. The fraction of sp³-hybridized carbons (Fsp3) is 0.425. The number of carbonyl (C=O) groups is 7. The van der Waals surface area contributed by atoms with Crippen LogP contribution in [0.2, 0.25) is 10.0 Å². The summed E-state index contributed by atoms with van der Waals surface area (Å²) in [5.74, 6) is -10.8. The molecule has 2 N–H and O–H groups in total. The first-order valence-electron chi connectivity index (χ1n) is 35.1. The van der Waals surface area contributed by atoms with E-state index in [2.05, 4.69) is 15.0 Å². The number of aromatic nitrogens is 7. The van der Waals surface area contributed by atoms with Crippen LogP contribution in [0.15, 0.2) is 98.2 Å². The van der Waals surface area contributed by atoms with Crippen molar-refractivity contribution >= 4 is 74.2 Å². The van der Waals surface area contributed by atoms with Crippen LogP contribution in [0.4, 0.5) is 61.5 Å². The quantitative estimate of drug-likeness (QED) is 0.0127. The molecule has 2 aromatic carbocycles. The van der Waals surface area contributed by atoms with Crippen LogP contribution in [0.5, 0.6) is 17.4 Å². The second-order valence-corrected chi connectivity index (χ2v) is 28.4. The Morgan fingerprint density at radius 2 is 1.09 bits per heavy atom. The van der Waals surface area contributed by atoms with Crippen molar-refractivity contribution in [3.8, 4) is 28.8 Å². The third kappa shape index (κ3) is 25.5. The highest BCUT2D eigenvalue weighted by Gasteiger charge is 2.43. The Morgan fingerprint density at radius 3 is 1.56 bits per heavy atom. The molecule has 2 fully saturated rings. The monoisotopic (exact) mass is 1780 g/mol. The number of methoxy groups -OCH3 is 2. The average Bonchev–Trinajstić information content (AvgIpc) is 0.802. The molecule has 120 heavy (non-hydrogen) atoms. The van der Waals surface area contributed by atoms with Crippen LogP contribution in [0.25, 0.3) is 11.4 Å². The van der Waals surface area contributed by atoms with Crippen LogP contribution < -0.4 is 36.7 Å². The van der Waals surface area contributed by atoms with Gasteiger partial charge >= 0.3 is 52.3 Å². The van der Waals surface area contributed by atoms with Crippen molar-refractivity contribution in [2.24, 2.45) is 25.9 Å². The number of esters is 1. The molecule has 2 aliphatic rings. The predicted octanol–water partition coefficient (Wildman–Crippen LogP) is 10.1. The standard InChI is InChI=1S/C21H16ClF4N3O6.C18H22F3NO5.C17H17ClF4N4O5S.C17H18F3NO5/c1-3-33-18(31)10-34-19-14(5-4-6-27-19)35-15-8-13(12(23)7-11(15)22)29-17(30)9-16(21(24,25)26)28(2)20(29)32;1-26-8-9-27-10-12-11(6-7-15(22-12)18(19,20)21)17(25)16-13(23)4-2-3-5-14(16)24;1-8(2)25(4)32(30,31)23-15(28)9-5-12(11(19)6-10(9)18)26-14(27)7-13(17(20,21)22)24(3)16(26)29;1-25-7-8-26-9-11-10(5-6-14(21-11)17(18,19)20)16(24)15-12(22)3-2-4-13(15)23/h4-9H,3,10H2,1-2H3;6-7,13,16,23H,2-5,8-10H2,1H3;5-8H,1-4H3,(H,23,28);5-6,15H,2-4,7-9H2,1H3. The Kier molecular flexibility index (Phi) is 34.5. The van der Waals surface area contributed by atoms with E-state index in [0.29, 0.717) is 49.6 Å². The van der Waals surface area contributed by atoms with Crippen LogP contribution in [-0.4, -0.2) is 165 Å². The topological polar surface area (TPSA) is 380 Å². The number of carbonyl (C=O) groups excluding carboxylic acids is 7. The lowest BCUT2D eigenvalue weighted by Gasteiger charge is -2.21. The third-order valence-electron chi connectivity index (χ3n) is 17.2. The number of ketones is 5. The maximum atomic E-state index is 14.7. The highest BCUT2D eigenvalue weighted by atomic mass is 35.5. The van der Waals surface area contributed by atoms with Gasteiger partial charge in [-0.05, 0) is 94.6 Å². The number of rotatable bonds is 26. The zero-order valence-electron chi connectivity index (χ0n) is 64.1. The van der Waals surface area contributed by atoms with Crippen LogP contribution in [0, 0.1) is 23.5 Å². The maximum absolute atomic E-state index is 14.7. The van der Waals surface area contributed by atoms with E-state index in [1.165, 1.54) is 53.4 Å². The van der Waals surface area contributed by atoms with E-state index in [1.54, 1.807) is 11.6 Å². The minimum Gasteiger partial charge on any atom is -0.463 e. The number of nitrogens with one attached hydrogen (secondary N) is 1. The first-order valence-corrected chi connectivity index (χ1v) is 37.3. The lowest BCUT2D eigenvalue weighted by atomic mass is 9.81. The number of alkyl halides is 12. The molecule has 30 nitrogen and oxygen atoms in total. The highest BCUT2D eigenvalue weighted by molar-refractivity contribution is 7.87. The zero-order chi connectivity index (χ0) is 90.0. The molecule has 0 radical (unpaired) electrons. The highest BCUT2D eigenvalue weighted by Crippen LogP contribution is 2.38. The Labute approximate surface area is 680 Å². The van der Waals surface area contributed by atoms with E-state index in [0.717, 1.165) is 36.6 Å². The van der Waals surface area contributed by atoms with Crippen molar-refractivity contribution in [1.82, 2.24) is 42.2 Å². The number of benzene rings is 2. The average molecular weight is 1780 g/mol. The van der Waals surface area contributed by atoms with Gasteiger partial charge in [0.25, 0.3) is 22.9 Å². The van der Waals surface area contributed by atoms with Crippen molar-refractivity contribution < 1.29 is 142 Å². The van der Waals surface area contributed by atoms with Gasteiger partial charge in [0.1, 0.15) is 57.8 Å². The molecule has 5 heterocycles. The molecule has 47 heteroatoms. The molecule has 9 rings (SSSR count). The van der Waals surface area contributed by atoms with Gasteiger partial charge in [0, 0.05) is 96.2 Å². The second-order valence-electron chi connectivity index (χ2n) is 25.8. The van der Waals surface area contributed by atoms with Crippen molar-refractivity contribution in [3.05, 3.63) is 193 Å². The van der Waals surface area contributed by atoms with E-state index < -0.39 is 185 Å². The molecular formula is C73H73Cl2F14N9O21S. The summed E-state index contributed by atoms with van der Waals surface area (Å²) >= 11 is 11.9.